The Labute approximate surface area is 115 Å². The van der Waals surface area contributed by atoms with E-state index >= 15 is 0 Å². The number of hydrogen-bond donors (Lipinski definition) is 1. The van der Waals surface area contributed by atoms with E-state index in [2.05, 4.69) is 18.2 Å². The molecule has 0 radical (unpaired) electrons. The molecule has 1 unspecified atom stereocenters. The molecule has 0 saturated heterocycles. The summed E-state index contributed by atoms with van der Waals surface area (Å²) in [5.41, 5.74) is 1.10. The Balaban J connectivity index is 2.89. The third kappa shape index (κ3) is 4.25. The number of nitrogens with one attached hydrogen (secondary N) is 1. The van der Waals surface area contributed by atoms with Crippen molar-refractivity contribution >= 4 is 11.6 Å². The molecule has 0 aliphatic rings. The van der Waals surface area contributed by atoms with Gasteiger partial charge in [-0.3, -0.25) is 0 Å². The molecule has 1 atom stereocenters. The van der Waals surface area contributed by atoms with Gasteiger partial charge in [0.1, 0.15) is 5.75 Å². The van der Waals surface area contributed by atoms with Crippen LogP contribution in [-0.4, -0.2) is 13.7 Å². The van der Waals surface area contributed by atoms with E-state index in [1.54, 1.807) is 7.11 Å². The van der Waals surface area contributed by atoms with E-state index < -0.39 is 0 Å². The predicted molar refractivity (Wildman–Crippen MR) is 77.1 cm³/mol. The SMILES string of the molecule is C#CCCCC(NCC)c1cc(Cl)ccc1OC. The van der Waals surface area contributed by atoms with Crippen LogP contribution in [0.1, 0.15) is 37.8 Å². The average molecular weight is 266 g/mol. The average Bonchev–Trinajstić information content (AvgIpc) is 2.38. The van der Waals surface area contributed by atoms with Crippen LogP contribution in [0, 0.1) is 12.3 Å². The van der Waals surface area contributed by atoms with Gasteiger partial charge in [-0.25, -0.2) is 0 Å². The molecule has 1 N–H and O–H groups in total. The maximum absolute atomic E-state index is 6.06. The summed E-state index contributed by atoms with van der Waals surface area (Å²) in [6.07, 6.45) is 8.06. The quantitative estimate of drug-likeness (QED) is 0.598. The van der Waals surface area contributed by atoms with Crippen molar-refractivity contribution in [3.63, 3.8) is 0 Å². The summed E-state index contributed by atoms with van der Waals surface area (Å²) in [6, 6.07) is 5.94. The molecule has 0 amide bonds. The van der Waals surface area contributed by atoms with Gasteiger partial charge in [0.05, 0.1) is 7.11 Å². The van der Waals surface area contributed by atoms with Crippen molar-refractivity contribution in [2.75, 3.05) is 13.7 Å². The third-order valence-corrected chi connectivity index (χ3v) is 3.07. The molecule has 1 aromatic rings. The normalized spacial score (nSPS) is 11.9. The summed E-state index contributed by atoms with van der Waals surface area (Å²) in [5.74, 6) is 3.54. The third-order valence-electron chi connectivity index (χ3n) is 2.83. The molecule has 0 heterocycles. The first-order valence-electron chi connectivity index (χ1n) is 6.23. The first kappa shape index (κ1) is 14.9. The zero-order valence-electron chi connectivity index (χ0n) is 11.0. The van der Waals surface area contributed by atoms with E-state index in [1.165, 1.54) is 0 Å². The van der Waals surface area contributed by atoms with Gasteiger partial charge >= 0.3 is 0 Å². The summed E-state index contributed by atoms with van der Waals surface area (Å²) < 4.78 is 5.39. The van der Waals surface area contributed by atoms with Crippen molar-refractivity contribution < 1.29 is 4.74 Å². The Morgan fingerprint density at radius 1 is 1.50 bits per heavy atom. The molecular formula is C15H20ClNO. The first-order chi connectivity index (χ1) is 8.72. The van der Waals surface area contributed by atoms with Crippen LogP contribution in [0.15, 0.2) is 18.2 Å². The summed E-state index contributed by atoms with van der Waals surface area (Å²) in [7, 11) is 1.68. The van der Waals surface area contributed by atoms with Gasteiger partial charge in [-0.2, -0.15) is 0 Å². The van der Waals surface area contributed by atoms with E-state index in [0.717, 1.165) is 42.1 Å². The molecule has 2 nitrogen and oxygen atoms in total. The van der Waals surface area contributed by atoms with Crippen LogP contribution < -0.4 is 10.1 Å². The van der Waals surface area contributed by atoms with Gasteiger partial charge in [0.25, 0.3) is 0 Å². The zero-order chi connectivity index (χ0) is 13.4. The molecule has 0 aromatic heterocycles. The molecule has 0 aliphatic carbocycles. The minimum Gasteiger partial charge on any atom is -0.496 e. The second-order valence-electron chi connectivity index (χ2n) is 4.09. The predicted octanol–water partition coefficient (Wildman–Crippen LogP) is 3.80. The van der Waals surface area contributed by atoms with Crippen LogP contribution in [0.4, 0.5) is 0 Å². The summed E-state index contributed by atoms with van der Waals surface area (Å²) in [6.45, 7) is 2.99. The fraction of sp³-hybridized carbons (Fsp3) is 0.467. The number of benzene rings is 1. The van der Waals surface area contributed by atoms with Crippen molar-refractivity contribution in [1.82, 2.24) is 5.32 Å². The van der Waals surface area contributed by atoms with E-state index in [0.29, 0.717) is 0 Å². The van der Waals surface area contributed by atoms with Gasteiger partial charge in [0.15, 0.2) is 0 Å². The monoisotopic (exact) mass is 265 g/mol. The van der Waals surface area contributed by atoms with E-state index in [9.17, 15) is 0 Å². The topological polar surface area (TPSA) is 21.3 Å². The largest absolute Gasteiger partial charge is 0.496 e. The number of unbranched alkanes of at least 4 members (excludes halogenated alkanes) is 1. The Morgan fingerprint density at radius 2 is 2.28 bits per heavy atom. The number of halogens is 1. The molecule has 1 aromatic carbocycles. The van der Waals surface area contributed by atoms with Gasteiger partial charge < -0.3 is 10.1 Å². The number of ether oxygens (including phenoxy) is 1. The van der Waals surface area contributed by atoms with Crippen molar-refractivity contribution in [3.05, 3.63) is 28.8 Å². The van der Waals surface area contributed by atoms with Crippen molar-refractivity contribution in [2.24, 2.45) is 0 Å². The molecule has 1 rings (SSSR count). The van der Waals surface area contributed by atoms with Gasteiger partial charge in [0, 0.05) is 23.0 Å². The Morgan fingerprint density at radius 3 is 2.89 bits per heavy atom. The lowest BCUT2D eigenvalue weighted by Gasteiger charge is -2.20. The second-order valence-corrected chi connectivity index (χ2v) is 4.53. The second kappa shape index (κ2) is 8.02. The number of methoxy groups -OCH3 is 1. The van der Waals surface area contributed by atoms with Crippen LogP contribution in [0.5, 0.6) is 5.75 Å². The maximum Gasteiger partial charge on any atom is 0.123 e. The number of hydrogen-bond acceptors (Lipinski definition) is 2. The highest BCUT2D eigenvalue weighted by Gasteiger charge is 2.15. The highest BCUT2D eigenvalue weighted by atomic mass is 35.5. The first-order valence-corrected chi connectivity index (χ1v) is 6.61. The van der Waals surface area contributed by atoms with Crippen LogP contribution in [0.25, 0.3) is 0 Å². The van der Waals surface area contributed by atoms with E-state index in [-0.39, 0.29) is 6.04 Å². The van der Waals surface area contributed by atoms with Crippen LogP contribution in [0.3, 0.4) is 0 Å². The van der Waals surface area contributed by atoms with Gasteiger partial charge in [-0.05, 0) is 37.6 Å². The molecule has 3 heteroatoms. The lowest BCUT2D eigenvalue weighted by Crippen LogP contribution is -2.21. The molecule has 0 spiro atoms. The minimum absolute atomic E-state index is 0.233. The fourth-order valence-electron chi connectivity index (χ4n) is 2.00. The van der Waals surface area contributed by atoms with Crippen LogP contribution >= 0.6 is 11.6 Å². The lowest BCUT2D eigenvalue weighted by molar-refractivity contribution is 0.395. The Bertz CT molecular complexity index is 411. The Hall–Kier alpha value is -1.17. The number of rotatable bonds is 7. The van der Waals surface area contributed by atoms with Crippen LogP contribution in [-0.2, 0) is 0 Å². The zero-order valence-corrected chi connectivity index (χ0v) is 11.8. The maximum atomic E-state index is 6.06. The van der Waals surface area contributed by atoms with E-state index in [4.69, 9.17) is 22.8 Å². The minimum atomic E-state index is 0.233. The molecule has 18 heavy (non-hydrogen) atoms. The molecular weight excluding hydrogens is 246 g/mol. The lowest BCUT2D eigenvalue weighted by atomic mass is 10.00. The van der Waals surface area contributed by atoms with Gasteiger partial charge in [0.2, 0.25) is 0 Å². The molecule has 0 bridgehead atoms. The molecule has 0 fully saturated rings. The smallest absolute Gasteiger partial charge is 0.123 e. The summed E-state index contributed by atoms with van der Waals surface area (Å²) >= 11 is 6.06. The standard InChI is InChI=1S/C15H20ClNO/c1-4-6-7-8-14(17-5-2)13-11-12(16)9-10-15(13)18-3/h1,9-11,14,17H,5-8H2,2-3H3. The highest BCUT2D eigenvalue weighted by molar-refractivity contribution is 6.30. The highest BCUT2D eigenvalue weighted by Crippen LogP contribution is 2.31. The number of terminal acetylenes is 1. The van der Waals surface area contributed by atoms with Crippen LogP contribution in [0.2, 0.25) is 5.02 Å². The van der Waals surface area contributed by atoms with Gasteiger partial charge in [-0.15, -0.1) is 12.3 Å². The summed E-state index contributed by atoms with van der Waals surface area (Å²) in [4.78, 5) is 0. The Kier molecular flexibility index (Phi) is 6.64. The van der Waals surface area contributed by atoms with Crippen molar-refractivity contribution in [1.29, 1.82) is 0 Å². The fourth-order valence-corrected chi connectivity index (χ4v) is 2.18. The molecule has 0 saturated carbocycles. The van der Waals surface area contributed by atoms with Crippen molar-refractivity contribution in [2.45, 2.75) is 32.2 Å². The molecule has 0 aliphatic heterocycles. The summed E-state index contributed by atoms with van der Waals surface area (Å²) in [5, 5.41) is 4.18. The van der Waals surface area contributed by atoms with E-state index in [1.807, 2.05) is 18.2 Å². The van der Waals surface area contributed by atoms with Crippen molar-refractivity contribution in [3.8, 4) is 18.1 Å². The van der Waals surface area contributed by atoms with Gasteiger partial charge in [-0.1, -0.05) is 18.5 Å². The molecule has 98 valence electrons.